The van der Waals surface area contributed by atoms with Crippen LogP contribution in [0, 0.1) is 0 Å². The van der Waals surface area contributed by atoms with E-state index in [1.54, 1.807) is 18.9 Å². The molecule has 1 aliphatic rings. The lowest BCUT2D eigenvalue weighted by atomic mass is 10.2. The molecule has 2 nitrogen and oxygen atoms in total. The number of halogens is 1. The van der Waals surface area contributed by atoms with Gasteiger partial charge in [-0.3, -0.25) is 0 Å². The lowest BCUT2D eigenvalue weighted by Gasteiger charge is -2.12. The zero-order valence-corrected chi connectivity index (χ0v) is 13.5. The van der Waals surface area contributed by atoms with Crippen LogP contribution in [-0.4, -0.2) is 13.2 Å². The molecule has 0 heterocycles. The Morgan fingerprint density at radius 2 is 2.05 bits per heavy atom. The van der Waals surface area contributed by atoms with Crippen LogP contribution in [0.2, 0.25) is 5.02 Å². The Bertz CT molecular complexity index is 628. The molecule has 0 aliphatic heterocycles. The van der Waals surface area contributed by atoms with Crippen LogP contribution in [0.15, 0.2) is 52.3 Å². The molecule has 0 aromatic heterocycles. The van der Waals surface area contributed by atoms with Gasteiger partial charge in [-0.25, -0.2) is 0 Å². The molecule has 4 heteroatoms. The van der Waals surface area contributed by atoms with Gasteiger partial charge in [-0.2, -0.15) is 0 Å². The molecule has 1 fully saturated rings. The smallest absolute Gasteiger partial charge is 0.119 e. The number of benzene rings is 2. The van der Waals surface area contributed by atoms with Gasteiger partial charge in [0.1, 0.15) is 5.75 Å². The van der Waals surface area contributed by atoms with E-state index >= 15 is 0 Å². The van der Waals surface area contributed by atoms with Gasteiger partial charge in [0.05, 0.1) is 7.11 Å². The Labute approximate surface area is 134 Å². The molecular weight excluding hydrogens is 302 g/mol. The fourth-order valence-corrected chi connectivity index (χ4v) is 3.46. The largest absolute Gasteiger partial charge is 0.497 e. The second-order valence-corrected chi connectivity index (χ2v) is 6.68. The number of nitrogens with one attached hydrogen (secondary N) is 1. The van der Waals surface area contributed by atoms with E-state index in [4.69, 9.17) is 16.3 Å². The summed E-state index contributed by atoms with van der Waals surface area (Å²) in [6.07, 6.45) is 2.56. The summed E-state index contributed by atoms with van der Waals surface area (Å²) in [5.74, 6) is 0.875. The average Bonchev–Trinajstić information content (AvgIpc) is 3.31. The molecule has 110 valence electrons. The van der Waals surface area contributed by atoms with E-state index in [9.17, 15) is 0 Å². The number of hydrogen-bond donors (Lipinski definition) is 1. The maximum atomic E-state index is 6.38. The molecule has 2 aromatic rings. The maximum absolute atomic E-state index is 6.38. The van der Waals surface area contributed by atoms with Crippen LogP contribution in [0.3, 0.4) is 0 Å². The molecule has 0 radical (unpaired) electrons. The second-order valence-electron chi connectivity index (χ2n) is 5.15. The van der Waals surface area contributed by atoms with Crippen molar-refractivity contribution in [3.05, 3.63) is 53.1 Å². The van der Waals surface area contributed by atoms with Crippen molar-refractivity contribution >= 4 is 23.4 Å². The first-order chi connectivity index (χ1) is 10.3. The van der Waals surface area contributed by atoms with E-state index in [-0.39, 0.29) is 0 Å². The SMILES string of the molecule is COc1cccc(Sc2cccc(Cl)c2CNC2CC2)c1. The molecule has 1 aliphatic carbocycles. The number of rotatable bonds is 6. The Morgan fingerprint density at radius 1 is 1.24 bits per heavy atom. The quantitative estimate of drug-likeness (QED) is 0.830. The second kappa shape index (κ2) is 6.73. The fourth-order valence-electron chi connectivity index (χ4n) is 2.13. The van der Waals surface area contributed by atoms with E-state index < -0.39 is 0 Å². The third-order valence-electron chi connectivity index (χ3n) is 3.49. The molecular formula is C17H18ClNOS. The average molecular weight is 320 g/mol. The van der Waals surface area contributed by atoms with Crippen molar-refractivity contribution in [3.8, 4) is 5.75 Å². The fraction of sp³-hybridized carbons (Fsp3) is 0.294. The summed E-state index contributed by atoms with van der Waals surface area (Å²) in [5, 5.41) is 4.37. The molecule has 0 amide bonds. The molecule has 0 atom stereocenters. The van der Waals surface area contributed by atoms with Gasteiger partial charge < -0.3 is 10.1 Å². The third kappa shape index (κ3) is 3.94. The van der Waals surface area contributed by atoms with Crippen molar-refractivity contribution < 1.29 is 4.74 Å². The minimum absolute atomic E-state index is 0.677. The van der Waals surface area contributed by atoms with Crippen LogP contribution < -0.4 is 10.1 Å². The van der Waals surface area contributed by atoms with Gasteiger partial charge in [0.2, 0.25) is 0 Å². The summed E-state index contributed by atoms with van der Waals surface area (Å²) < 4.78 is 5.28. The molecule has 0 bridgehead atoms. The van der Waals surface area contributed by atoms with Gasteiger partial charge in [0.25, 0.3) is 0 Å². The molecule has 21 heavy (non-hydrogen) atoms. The summed E-state index contributed by atoms with van der Waals surface area (Å²) in [6.45, 7) is 0.830. The lowest BCUT2D eigenvalue weighted by Crippen LogP contribution is -2.16. The molecule has 1 saturated carbocycles. The van der Waals surface area contributed by atoms with Crippen LogP contribution in [0.1, 0.15) is 18.4 Å². The van der Waals surface area contributed by atoms with E-state index in [2.05, 4.69) is 17.4 Å². The van der Waals surface area contributed by atoms with Gasteiger partial charge in [0, 0.05) is 27.4 Å². The topological polar surface area (TPSA) is 21.3 Å². The number of methoxy groups -OCH3 is 1. The Hall–Kier alpha value is -1.16. The van der Waals surface area contributed by atoms with Crippen molar-refractivity contribution in [2.75, 3.05) is 7.11 Å². The lowest BCUT2D eigenvalue weighted by molar-refractivity contribution is 0.413. The van der Waals surface area contributed by atoms with Crippen LogP contribution in [0.5, 0.6) is 5.75 Å². The van der Waals surface area contributed by atoms with Gasteiger partial charge >= 0.3 is 0 Å². The highest BCUT2D eigenvalue weighted by atomic mass is 35.5. The predicted molar refractivity (Wildman–Crippen MR) is 88.4 cm³/mol. The summed E-state index contributed by atoms with van der Waals surface area (Å²) in [5.41, 5.74) is 1.18. The normalized spacial score (nSPS) is 14.2. The Morgan fingerprint density at radius 3 is 2.81 bits per heavy atom. The minimum Gasteiger partial charge on any atom is -0.497 e. The van der Waals surface area contributed by atoms with E-state index in [0.29, 0.717) is 6.04 Å². The number of hydrogen-bond acceptors (Lipinski definition) is 3. The van der Waals surface area contributed by atoms with Crippen molar-refractivity contribution in [2.24, 2.45) is 0 Å². The predicted octanol–water partition coefficient (Wildman–Crippen LogP) is 4.75. The molecule has 0 saturated heterocycles. The van der Waals surface area contributed by atoms with Gasteiger partial charge in [-0.1, -0.05) is 35.5 Å². The molecule has 0 unspecified atom stereocenters. The van der Waals surface area contributed by atoms with Crippen LogP contribution in [0.25, 0.3) is 0 Å². The van der Waals surface area contributed by atoms with Crippen LogP contribution >= 0.6 is 23.4 Å². The zero-order chi connectivity index (χ0) is 14.7. The molecule has 3 rings (SSSR count). The van der Waals surface area contributed by atoms with Crippen molar-refractivity contribution in [3.63, 3.8) is 0 Å². The van der Waals surface area contributed by atoms with Crippen LogP contribution in [-0.2, 0) is 6.54 Å². The van der Waals surface area contributed by atoms with Crippen molar-refractivity contribution in [1.82, 2.24) is 5.32 Å². The highest BCUT2D eigenvalue weighted by Crippen LogP contribution is 2.35. The zero-order valence-electron chi connectivity index (χ0n) is 11.9. The van der Waals surface area contributed by atoms with E-state index in [1.807, 2.05) is 30.3 Å². The van der Waals surface area contributed by atoms with E-state index in [1.165, 1.54) is 23.3 Å². The highest BCUT2D eigenvalue weighted by molar-refractivity contribution is 7.99. The maximum Gasteiger partial charge on any atom is 0.119 e. The van der Waals surface area contributed by atoms with Gasteiger partial charge in [-0.05, 0) is 48.7 Å². The summed E-state index contributed by atoms with van der Waals surface area (Å²) in [6, 6.07) is 14.9. The first-order valence-corrected chi connectivity index (χ1v) is 8.28. The van der Waals surface area contributed by atoms with Crippen LogP contribution in [0.4, 0.5) is 0 Å². The Balaban J connectivity index is 1.81. The molecule has 2 aromatic carbocycles. The van der Waals surface area contributed by atoms with E-state index in [0.717, 1.165) is 22.2 Å². The standard InChI is InChI=1S/C17H18ClNOS/c1-20-13-4-2-5-14(10-13)21-17-7-3-6-16(18)15(17)11-19-12-8-9-12/h2-7,10,12,19H,8-9,11H2,1H3. The van der Waals surface area contributed by atoms with Crippen molar-refractivity contribution in [2.45, 2.75) is 35.2 Å². The summed E-state index contributed by atoms with van der Waals surface area (Å²) in [7, 11) is 1.69. The number of ether oxygens (including phenoxy) is 1. The summed E-state index contributed by atoms with van der Waals surface area (Å²) >= 11 is 8.11. The van der Waals surface area contributed by atoms with Gasteiger partial charge in [-0.15, -0.1) is 0 Å². The summed E-state index contributed by atoms with van der Waals surface area (Å²) in [4.78, 5) is 2.35. The Kier molecular flexibility index (Phi) is 4.73. The monoisotopic (exact) mass is 319 g/mol. The first kappa shape index (κ1) is 14.8. The third-order valence-corrected chi connectivity index (χ3v) is 4.94. The molecule has 0 spiro atoms. The first-order valence-electron chi connectivity index (χ1n) is 7.09. The minimum atomic E-state index is 0.677. The highest BCUT2D eigenvalue weighted by Gasteiger charge is 2.21. The molecule has 1 N–H and O–H groups in total. The van der Waals surface area contributed by atoms with Gasteiger partial charge in [0.15, 0.2) is 0 Å². The van der Waals surface area contributed by atoms with Crippen molar-refractivity contribution in [1.29, 1.82) is 0 Å².